The molecule has 116 valence electrons. The monoisotopic (exact) mass is 290 g/mol. The van der Waals surface area contributed by atoms with Crippen molar-refractivity contribution in [2.75, 3.05) is 6.61 Å². The van der Waals surface area contributed by atoms with Gasteiger partial charge in [0.1, 0.15) is 18.3 Å². The fourth-order valence-corrected chi connectivity index (χ4v) is 2.49. The molecule has 7 heteroatoms. The second-order valence-electron chi connectivity index (χ2n) is 5.52. The van der Waals surface area contributed by atoms with Crippen LogP contribution in [0.1, 0.15) is 33.6 Å². The number of esters is 1. The Bertz CT molecular complexity index is 357. The second kappa shape index (κ2) is 5.95. The van der Waals surface area contributed by atoms with E-state index in [1.54, 1.807) is 13.8 Å². The van der Waals surface area contributed by atoms with Crippen LogP contribution in [-0.4, -0.2) is 59.3 Å². The molecule has 2 heterocycles. The van der Waals surface area contributed by atoms with Gasteiger partial charge >= 0.3 is 5.97 Å². The molecule has 0 spiro atoms. The van der Waals surface area contributed by atoms with Crippen molar-refractivity contribution >= 4 is 5.97 Å². The first-order valence-corrected chi connectivity index (χ1v) is 6.87. The van der Waals surface area contributed by atoms with Crippen LogP contribution in [0.3, 0.4) is 0 Å². The molecule has 2 saturated heterocycles. The zero-order valence-corrected chi connectivity index (χ0v) is 11.9. The Morgan fingerprint density at radius 2 is 2.00 bits per heavy atom. The predicted molar refractivity (Wildman–Crippen MR) is 66.6 cm³/mol. The Morgan fingerprint density at radius 3 is 2.60 bits per heavy atom. The Morgan fingerprint density at radius 1 is 1.35 bits per heavy atom. The number of hydrogen-bond acceptors (Lipinski definition) is 7. The SMILES string of the molecule is CCCC(=O)O[C@H]1O[C@H]([C@@H](O)CO)[C@H]2OC(C)(C)O[C@@H]12. The molecule has 2 N–H and O–H groups in total. The fourth-order valence-electron chi connectivity index (χ4n) is 2.49. The van der Waals surface area contributed by atoms with E-state index in [1.807, 2.05) is 6.92 Å². The maximum Gasteiger partial charge on any atom is 0.308 e. The van der Waals surface area contributed by atoms with Crippen LogP contribution in [0.4, 0.5) is 0 Å². The third-order valence-corrected chi connectivity index (χ3v) is 3.31. The first-order valence-electron chi connectivity index (χ1n) is 6.87. The molecule has 5 atom stereocenters. The highest BCUT2D eigenvalue weighted by Gasteiger charge is 2.58. The van der Waals surface area contributed by atoms with Crippen LogP contribution in [-0.2, 0) is 23.7 Å². The van der Waals surface area contributed by atoms with Gasteiger partial charge < -0.3 is 29.2 Å². The normalized spacial score (nSPS) is 36.6. The molecule has 0 unspecified atom stereocenters. The molecular weight excluding hydrogens is 268 g/mol. The minimum atomic E-state index is -1.12. The number of hydrogen-bond donors (Lipinski definition) is 2. The lowest BCUT2D eigenvalue weighted by molar-refractivity contribution is -0.241. The summed E-state index contributed by atoms with van der Waals surface area (Å²) in [6.07, 6.45) is -3.04. The standard InChI is InChI=1S/C13H22O7/c1-4-5-8(16)17-12-11-10(19-13(2,3)20-11)9(18-12)7(15)6-14/h7,9-12,14-15H,4-6H2,1-3H3/t7-,9+,10+,11+,12-/m0/s1. The van der Waals surface area contributed by atoms with E-state index < -0.39 is 43.1 Å². The van der Waals surface area contributed by atoms with Crippen LogP contribution in [0.5, 0.6) is 0 Å². The van der Waals surface area contributed by atoms with Gasteiger partial charge in [0, 0.05) is 6.42 Å². The zero-order chi connectivity index (χ0) is 14.9. The summed E-state index contributed by atoms with van der Waals surface area (Å²) in [4.78, 5) is 11.6. The summed E-state index contributed by atoms with van der Waals surface area (Å²) in [6.45, 7) is 4.88. The summed E-state index contributed by atoms with van der Waals surface area (Å²) in [6, 6.07) is 0. The number of aliphatic hydroxyl groups is 2. The van der Waals surface area contributed by atoms with E-state index in [0.717, 1.165) is 0 Å². The van der Waals surface area contributed by atoms with E-state index in [2.05, 4.69) is 0 Å². The van der Waals surface area contributed by atoms with E-state index in [4.69, 9.17) is 24.1 Å². The van der Waals surface area contributed by atoms with Crippen molar-refractivity contribution in [3.8, 4) is 0 Å². The van der Waals surface area contributed by atoms with E-state index in [1.165, 1.54) is 0 Å². The Balaban J connectivity index is 2.08. The average Bonchev–Trinajstić information content (AvgIpc) is 2.83. The first kappa shape index (κ1) is 15.7. The quantitative estimate of drug-likeness (QED) is 0.684. The topological polar surface area (TPSA) is 94.5 Å². The highest BCUT2D eigenvalue weighted by atomic mass is 16.8. The van der Waals surface area contributed by atoms with E-state index in [-0.39, 0.29) is 12.4 Å². The molecule has 0 aromatic heterocycles. The minimum Gasteiger partial charge on any atom is -0.433 e. The Labute approximate surface area is 117 Å². The van der Waals surface area contributed by atoms with Crippen LogP contribution in [0.2, 0.25) is 0 Å². The fraction of sp³-hybridized carbons (Fsp3) is 0.923. The highest BCUT2D eigenvalue weighted by Crippen LogP contribution is 2.40. The van der Waals surface area contributed by atoms with Crippen molar-refractivity contribution < 1.29 is 34.0 Å². The molecule has 0 aromatic rings. The van der Waals surface area contributed by atoms with Gasteiger partial charge in [-0.05, 0) is 20.3 Å². The largest absolute Gasteiger partial charge is 0.433 e. The summed E-state index contributed by atoms with van der Waals surface area (Å²) in [5.41, 5.74) is 0. The molecule has 2 aliphatic heterocycles. The van der Waals surface area contributed by atoms with E-state index >= 15 is 0 Å². The molecular formula is C13H22O7. The number of rotatable bonds is 5. The lowest BCUT2D eigenvalue weighted by Crippen LogP contribution is -2.40. The van der Waals surface area contributed by atoms with Gasteiger partial charge in [0.15, 0.2) is 11.9 Å². The molecule has 0 bridgehead atoms. The third-order valence-electron chi connectivity index (χ3n) is 3.31. The van der Waals surface area contributed by atoms with Crippen LogP contribution in [0.25, 0.3) is 0 Å². The summed E-state index contributed by atoms with van der Waals surface area (Å²) in [5.74, 6) is -1.23. The average molecular weight is 290 g/mol. The smallest absolute Gasteiger partial charge is 0.308 e. The maximum absolute atomic E-state index is 11.6. The molecule has 7 nitrogen and oxygen atoms in total. The number of aliphatic hydroxyl groups excluding tert-OH is 2. The molecule has 0 amide bonds. The summed E-state index contributed by atoms with van der Waals surface area (Å²) >= 11 is 0. The Kier molecular flexibility index (Phi) is 4.66. The number of ether oxygens (including phenoxy) is 4. The maximum atomic E-state index is 11.6. The molecule has 0 aliphatic carbocycles. The highest BCUT2D eigenvalue weighted by molar-refractivity contribution is 5.69. The van der Waals surface area contributed by atoms with Gasteiger partial charge in [-0.15, -0.1) is 0 Å². The van der Waals surface area contributed by atoms with Gasteiger partial charge in [-0.2, -0.15) is 0 Å². The zero-order valence-electron chi connectivity index (χ0n) is 11.9. The second-order valence-corrected chi connectivity index (χ2v) is 5.52. The summed E-state index contributed by atoms with van der Waals surface area (Å²) < 4.78 is 22.1. The van der Waals surface area contributed by atoms with E-state index in [9.17, 15) is 9.90 Å². The molecule has 0 radical (unpaired) electrons. The van der Waals surface area contributed by atoms with Crippen molar-refractivity contribution in [1.29, 1.82) is 0 Å². The van der Waals surface area contributed by atoms with Crippen molar-refractivity contribution in [1.82, 2.24) is 0 Å². The lowest BCUT2D eigenvalue weighted by atomic mass is 10.1. The van der Waals surface area contributed by atoms with Gasteiger partial charge in [0.2, 0.25) is 6.29 Å². The van der Waals surface area contributed by atoms with Crippen LogP contribution in [0.15, 0.2) is 0 Å². The number of carbonyl (C=O) groups excluding carboxylic acids is 1. The molecule has 2 fully saturated rings. The first-order chi connectivity index (χ1) is 9.38. The molecule has 2 rings (SSSR count). The van der Waals surface area contributed by atoms with Gasteiger partial charge in [0.25, 0.3) is 0 Å². The molecule has 2 aliphatic rings. The summed E-state index contributed by atoms with van der Waals surface area (Å²) in [7, 11) is 0. The van der Waals surface area contributed by atoms with Gasteiger partial charge in [-0.25, -0.2) is 0 Å². The van der Waals surface area contributed by atoms with Crippen molar-refractivity contribution in [3.05, 3.63) is 0 Å². The van der Waals surface area contributed by atoms with Crippen LogP contribution >= 0.6 is 0 Å². The lowest BCUT2D eigenvalue weighted by Gasteiger charge is -2.25. The Hall–Kier alpha value is -0.730. The summed E-state index contributed by atoms with van der Waals surface area (Å²) in [5, 5.41) is 18.8. The number of carbonyl (C=O) groups is 1. The van der Waals surface area contributed by atoms with E-state index in [0.29, 0.717) is 6.42 Å². The van der Waals surface area contributed by atoms with Crippen LogP contribution < -0.4 is 0 Å². The molecule has 0 saturated carbocycles. The predicted octanol–water partition coefficient (Wildman–Crippen LogP) is -0.0721. The molecule has 0 aromatic carbocycles. The van der Waals surface area contributed by atoms with Gasteiger partial charge in [0.05, 0.1) is 6.61 Å². The van der Waals surface area contributed by atoms with Crippen molar-refractivity contribution in [2.45, 2.75) is 70.1 Å². The van der Waals surface area contributed by atoms with Crippen molar-refractivity contribution in [3.63, 3.8) is 0 Å². The van der Waals surface area contributed by atoms with Gasteiger partial charge in [-0.1, -0.05) is 6.92 Å². The number of fused-ring (bicyclic) bond motifs is 1. The van der Waals surface area contributed by atoms with Crippen molar-refractivity contribution in [2.24, 2.45) is 0 Å². The minimum absolute atomic E-state index is 0.286. The molecule has 20 heavy (non-hydrogen) atoms. The van der Waals surface area contributed by atoms with Gasteiger partial charge in [-0.3, -0.25) is 4.79 Å². The van der Waals surface area contributed by atoms with Crippen LogP contribution in [0, 0.1) is 0 Å². The third kappa shape index (κ3) is 3.12.